The number of carbonyl (C=O) groups excluding carboxylic acids is 3. The number of imide groups is 1. The maximum absolute atomic E-state index is 10.7. The highest BCUT2D eigenvalue weighted by molar-refractivity contribution is 6.35. The van der Waals surface area contributed by atoms with Crippen molar-refractivity contribution < 1.29 is 19.1 Å². The molecule has 0 heterocycles. The Morgan fingerprint density at radius 3 is 2.33 bits per heavy atom. The molecule has 0 unspecified atom stereocenters. The zero-order chi connectivity index (χ0) is 9.56. The molecule has 0 aromatic rings. The van der Waals surface area contributed by atoms with E-state index in [4.69, 9.17) is 0 Å². The average Bonchev–Trinajstić information content (AvgIpc) is 2.04. The maximum atomic E-state index is 10.7. The highest BCUT2D eigenvalue weighted by Gasteiger charge is 2.16. The molecule has 3 amide bonds. The second-order valence-electron chi connectivity index (χ2n) is 1.75. The topological polar surface area (TPSA) is 84.5 Å². The predicted molar refractivity (Wildman–Crippen MR) is 39.2 cm³/mol. The molecule has 0 radical (unpaired) electrons. The van der Waals surface area contributed by atoms with Gasteiger partial charge in [-0.15, -0.1) is 0 Å². The van der Waals surface area contributed by atoms with Crippen molar-refractivity contribution in [3.63, 3.8) is 0 Å². The third-order valence-corrected chi connectivity index (χ3v) is 0.915. The van der Waals surface area contributed by atoms with Gasteiger partial charge in [0.05, 0.1) is 6.61 Å². The van der Waals surface area contributed by atoms with Gasteiger partial charge in [0.1, 0.15) is 0 Å². The molecule has 0 rings (SSSR count). The Kier molecular flexibility index (Phi) is 4.43. The molecule has 0 aliphatic rings. The van der Waals surface area contributed by atoms with Crippen LogP contribution in [0.4, 0.5) is 4.79 Å². The molecule has 68 valence electrons. The molecule has 0 aliphatic heterocycles. The number of esters is 1. The van der Waals surface area contributed by atoms with Crippen LogP contribution in [0.5, 0.6) is 0 Å². The Labute approximate surface area is 69.3 Å². The maximum Gasteiger partial charge on any atom is 0.397 e. The molecule has 0 aromatic carbocycles. The lowest BCUT2D eigenvalue weighted by Crippen LogP contribution is -2.41. The Bertz CT molecular complexity index is 202. The minimum absolute atomic E-state index is 0.0972. The number of urea groups is 1. The van der Waals surface area contributed by atoms with Gasteiger partial charge in [0.15, 0.2) is 0 Å². The largest absolute Gasteiger partial charge is 0.459 e. The summed E-state index contributed by atoms with van der Waals surface area (Å²) in [5.74, 6) is -2.14. The van der Waals surface area contributed by atoms with Crippen LogP contribution in [0.3, 0.4) is 0 Å². The number of rotatable bonds is 1. The summed E-state index contributed by atoms with van der Waals surface area (Å²) in [6.45, 7) is 1.66. The molecule has 2 N–H and O–H groups in total. The number of ether oxygens (including phenoxy) is 1. The second kappa shape index (κ2) is 5.11. The molecule has 6 heteroatoms. The first-order chi connectivity index (χ1) is 5.61. The Morgan fingerprint density at radius 1 is 1.33 bits per heavy atom. The summed E-state index contributed by atoms with van der Waals surface area (Å²) < 4.78 is 4.32. The highest BCUT2D eigenvalue weighted by Crippen LogP contribution is 1.77. The van der Waals surface area contributed by atoms with Crippen molar-refractivity contribution in [3.8, 4) is 0 Å². The van der Waals surface area contributed by atoms with Crippen molar-refractivity contribution in [2.45, 2.75) is 6.92 Å². The minimum Gasteiger partial charge on any atom is -0.459 e. The molecule has 0 aliphatic carbocycles. The van der Waals surface area contributed by atoms with Gasteiger partial charge in [-0.3, -0.25) is 10.1 Å². The van der Waals surface area contributed by atoms with E-state index in [9.17, 15) is 14.4 Å². The van der Waals surface area contributed by atoms with E-state index in [0.717, 1.165) is 0 Å². The van der Waals surface area contributed by atoms with Gasteiger partial charge in [-0.1, -0.05) is 0 Å². The van der Waals surface area contributed by atoms with Crippen molar-refractivity contribution in [1.29, 1.82) is 0 Å². The Hall–Kier alpha value is -1.59. The first kappa shape index (κ1) is 10.4. The fraction of sp³-hybridized carbons (Fsp3) is 0.500. The number of amides is 3. The normalized spacial score (nSPS) is 8.50. The van der Waals surface area contributed by atoms with E-state index in [2.05, 4.69) is 10.1 Å². The summed E-state index contributed by atoms with van der Waals surface area (Å²) in [6, 6.07) is -0.743. The monoisotopic (exact) mass is 174 g/mol. The van der Waals surface area contributed by atoms with E-state index >= 15 is 0 Å². The molecule has 6 nitrogen and oxygen atoms in total. The smallest absolute Gasteiger partial charge is 0.397 e. The first-order valence-electron chi connectivity index (χ1n) is 3.31. The fourth-order valence-electron chi connectivity index (χ4n) is 0.413. The van der Waals surface area contributed by atoms with Crippen molar-refractivity contribution in [3.05, 3.63) is 0 Å². The summed E-state index contributed by atoms with van der Waals surface area (Å²) >= 11 is 0. The van der Waals surface area contributed by atoms with Crippen molar-refractivity contribution in [1.82, 2.24) is 10.6 Å². The third-order valence-electron chi connectivity index (χ3n) is 0.915. The van der Waals surface area contributed by atoms with Crippen LogP contribution >= 0.6 is 0 Å². The molecule has 0 atom stereocenters. The summed E-state index contributed by atoms with van der Waals surface area (Å²) in [7, 11) is 1.33. The molecule has 0 saturated heterocycles. The first-order valence-corrected chi connectivity index (χ1v) is 3.31. The molecular weight excluding hydrogens is 164 g/mol. The molecule has 0 fully saturated rings. The Balaban J connectivity index is 3.87. The standard InChI is InChI=1S/C6H10N2O4/c1-3-12-5(10)4(9)8-6(11)7-2/h3H2,1-2H3,(H2,7,8,9,11). The lowest BCUT2D eigenvalue weighted by Gasteiger charge is -2.01. The van der Waals surface area contributed by atoms with Crippen LogP contribution in [-0.4, -0.2) is 31.6 Å². The van der Waals surface area contributed by atoms with Gasteiger partial charge in [0.25, 0.3) is 0 Å². The van der Waals surface area contributed by atoms with Crippen LogP contribution in [-0.2, 0) is 14.3 Å². The van der Waals surface area contributed by atoms with Crippen LogP contribution in [0, 0.1) is 0 Å². The molecule has 0 spiro atoms. The van der Waals surface area contributed by atoms with Gasteiger partial charge in [-0.25, -0.2) is 9.59 Å². The predicted octanol–water partition coefficient (Wildman–Crippen LogP) is -0.995. The number of carbonyl (C=O) groups is 3. The molecular formula is C6H10N2O4. The summed E-state index contributed by atoms with van der Waals surface area (Å²) in [6.07, 6.45) is 0. The van der Waals surface area contributed by atoms with E-state index in [0.29, 0.717) is 0 Å². The van der Waals surface area contributed by atoms with Crippen molar-refractivity contribution in [2.75, 3.05) is 13.7 Å². The third kappa shape index (κ3) is 3.55. The van der Waals surface area contributed by atoms with Crippen molar-refractivity contribution >= 4 is 17.9 Å². The van der Waals surface area contributed by atoms with Gasteiger partial charge in [0, 0.05) is 7.05 Å². The van der Waals surface area contributed by atoms with Crippen LogP contribution < -0.4 is 10.6 Å². The zero-order valence-corrected chi connectivity index (χ0v) is 6.84. The fourth-order valence-corrected chi connectivity index (χ4v) is 0.413. The number of hydrogen-bond donors (Lipinski definition) is 2. The SMILES string of the molecule is CCOC(=O)C(=O)NC(=O)NC. The van der Waals surface area contributed by atoms with Gasteiger partial charge in [0.2, 0.25) is 0 Å². The molecule has 0 saturated carbocycles. The lowest BCUT2D eigenvalue weighted by molar-refractivity contribution is -0.154. The van der Waals surface area contributed by atoms with Crippen molar-refractivity contribution in [2.24, 2.45) is 0 Å². The lowest BCUT2D eigenvalue weighted by atomic mass is 10.6. The van der Waals surface area contributed by atoms with Gasteiger partial charge >= 0.3 is 17.9 Å². The average molecular weight is 174 g/mol. The summed E-state index contributed by atoms with van der Waals surface area (Å²) in [5, 5.41) is 3.86. The quantitative estimate of drug-likeness (QED) is 0.394. The molecule has 12 heavy (non-hydrogen) atoms. The van der Waals surface area contributed by atoms with Gasteiger partial charge in [-0.2, -0.15) is 0 Å². The highest BCUT2D eigenvalue weighted by atomic mass is 16.5. The van der Waals surface area contributed by atoms with E-state index in [1.807, 2.05) is 0 Å². The van der Waals surface area contributed by atoms with E-state index in [1.54, 1.807) is 12.2 Å². The van der Waals surface area contributed by atoms with Gasteiger partial charge < -0.3 is 10.1 Å². The summed E-state index contributed by atoms with van der Waals surface area (Å²) in [4.78, 5) is 31.7. The number of nitrogens with one attached hydrogen (secondary N) is 2. The Morgan fingerprint density at radius 2 is 1.92 bits per heavy atom. The van der Waals surface area contributed by atoms with Crippen LogP contribution in [0.25, 0.3) is 0 Å². The van der Waals surface area contributed by atoms with Crippen LogP contribution in [0.15, 0.2) is 0 Å². The van der Waals surface area contributed by atoms with E-state index in [1.165, 1.54) is 7.05 Å². The summed E-state index contributed by atoms with van der Waals surface area (Å²) in [5.41, 5.74) is 0. The van der Waals surface area contributed by atoms with Gasteiger partial charge in [-0.05, 0) is 6.92 Å². The van der Waals surface area contributed by atoms with E-state index in [-0.39, 0.29) is 6.61 Å². The number of hydrogen-bond acceptors (Lipinski definition) is 4. The zero-order valence-electron chi connectivity index (χ0n) is 6.84. The minimum atomic E-state index is -1.07. The molecule has 0 aromatic heterocycles. The van der Waals surface area contributed by atoms with E-state index < -0.39 is 17.9 Å². The van der Waals surface area contributed by atoms with Crippen LogP contribution in [0.1, 0.15) is 6.92 Å². The molecule has 0 bridgehead atoms. The second-order valence-corrected chi connectivity index (χ2v) is 1.75. The van der Waals surface area contributed by atoms with Crippen LogP contribution in [0.2, 0.25) is 0 Å².